The van der Waals surface area contributed by atoms with E-state index in [1.807, 2.05) is 38.1 Å². The Morgan fingerprint density at radius 3 is 2.61 bits per heavy atom. The van der Waals surface area contributed by atoms with E-state index in [-0.39, 0.29) is 24.0 Å². The summed E-state index contributed by atoms with van der Waals surface area (Å²) >= 11 is 9.72. The molecule has 6 heteroatoms. The van der Waals surface area contributed by atoms with Crippen molar-refractivity contribution in [2.75, 3.05) is 6.61 Å². The third-order valence-corrected chi connectivity index (χ3v) is 7.12. The fourth-order valence-electron chi connectivity index (χ4n) is 4.67. The molecule has 1 heterocycles. The second kappa shape index (κ2) is 11.5. The zero-order valence-corrected chi connectivity index (χ0v) is 21.8. The minimum absolute atomic E-state index is 0.0262. The van der Waals surface area contributed by atoms with Gasteiger partial charge < -0.3 is 14.6 Å². The molecule has 0 saturated carbocycles. The first kappa shape index (κ1) is 25.8. The fourth-order valence-corrected chi connectivity index (χ4v) is 5.50. The van der Waals surface area contributed by atoms with Crippen LogP contribution in [0, 0.1) is 12.8 Å². The molecule has 0 bridgehead atoms. The van der Waals surface area contributed by atoms with Crippen molar-refractivity contribution < 1.29 is 19.4 Å². The van der Waals surface area contributed by atoms with Gasteiger partial charge in [-0.1, -0.05) is 55.7 Å². The van der Waals surface area contributed by atoms with Crippen LogP contribution in [0.2, 0.25) is 5.02 Å². The average molecular weight is 536 g/mol. The van der Waals surface area contributed by atoms with E-state index < -0.39 is 12.6 Å². The van der Waals surface area contributed by atoms with Crippen molar-refractivity contribution in [1.82, 2.24) is 0 Å². The smallest absolute Gasteiger partial charge is 0.341 e. The molecule has 0 aromatic heterocycles. The molecule has 0 radical (unpaired) electrons. The van der Waals surface area contributed by atoms with Crippen LogP contribution in [0.5, 0.6) is 5.75 Å². The lowest BCUT2D eigenvalue weighted by molar-refractivity contribution is -0.139. The second-order valence-corrected chi connectivity index (χ2v) is 10.2. The molecule has 178 valence electrons. The Kier molecular flexibility index (Phi) is 9.02. The van der Waals surface area contributed by atoms with Crippen LogP contribution in [0.15, 0.2) is 53.0 Å². The summed E-state index contributed by atoms with van der Waals surface area (Å²) < 4.78 is 13.3. The van der Waals surface area contributed by atoms with Gasteiger partial charge in [-0.15, -0.1) is 0 Å². The van der Waals surface area contributed by atoms with Crippen molar-refractivity contribution in [2.45, 2.75) is 64.6 Å². The van der Waals surface area contributed by atoms with Gasteiger partial charge in [0.05, 0.1) is 16.7 Å². The third-order valence-electron chi connectivity index (χ3n) is 6.28. The van der Waals surface area contributed by atoms with E-state index in [1.165, 1.54) is 5.56 Å². The number of carboxylic acid groups (broad SMARTS) is 1. The molecule has 1 fully saturated rings. The zero-order chi connectivity index (χ0) is 24.1. The highest BCUT2D eigenvalue weighted by Gasteiger charge is 2.41. The van der Waals surface area contributed by atoms with Crippen LogP contribution < -0.4 is 4.74 Å². The maximum atomic E-state index is 11.2. The summed E-state index contributed by atoms with van der Waals surface area (Å²) in [6.45, 7) is 10.1. The number of hydrogen-bond acceptors (Lipinski definition) is 3. The molecular formula is C27H32BrClO4. The summed E-state index contributed by atoms with van der Waals surface area (Å²) in [7, 11) is 0. The lowest BCUT2D eigenvalue weighted by atomic mass is 9.74. The summed E-state index contributed by atoms with van der Waals surface area (Å²) in [6.07, 6.45) is 3.75. The van der Waals surface area contributed by atoms with E-state index >= 15 is 0 Å². The minimum atomic E-state index is -1.02. The van der Waals surface area contributed by atoms with Gasteiger partial charge in [0.25, 0.3) is 0 Å². The number of benzene rings is 2. The predicted octanol–water partition coefficient (Wildman–Crippen LogP) is 7.87. The first-order valence-corrected chi connectivity index (χ1v) is 12.6. The summed E-state index contributed by atoms with van der Waals surface area (Å²) in [4.78, 5) is 11.2. The Balaban J connectivity index is 2.04. The molecule has 33 heavy (non-hydrogen) atoms. The number of halogens is 2. The molecule has 0 amide bonds. The summed E-state index contributed by atoms with van der Waals surface area (Å²) in [5.41, 5.74) is 4.17. The van der Waals surface area contributed by atoms with Crippen LogP contribution in [0.3, 0.4) is 0 Å². The van der Waals surface area contributed by atoms with Crippen LogP contribution >= 0.6 is 27.5 Å². The number of aliphatic carboxylic acids is 1. The van der Waals surface area contributed by atoms with Crippen molar-refractivity contribution in [3.8, 4) is 5.75 Å². The summed E-state index contributed by atoms with van der Waals surface area (Å²) in [5, 5.41) is 9.91. The number of unbranched alkanes of at least 4 members (excludes halogenated alkanes) is 1. The third kappa shape index (κ3) is 6.40. The highest BCUT2D eigenvalue weighted by molar-refractivity contribution is 9.10. The maximum absolute atomic E-state index is 11.2. The Hall–Kier alpha value is -1.82. The molecule has 1 aliphatic heterocycles. The van der Waals surface area contributed by atoms with Crippen molar-refractivity contribution in [1.29, 1.82) is 0 Å². The number of rotatable bonds is 9. The first-order valence-electron chi connectivity index (χ1n) is 11.4. The zero-order valence-electron chi connectivity index (χ0n) is 19.4. The van der Waals surface area contributed by atoms with E-state index in [1.54, 1.807) is 0 Å². The number of carbonyl (C=O) groups is 1. The van der Waals surface area contributed by atoms with Gasteiger partial charge in [-0.25, -0.2) is 4.79 Å². The van der Waals surface area contributed by atoms with Crippen molar-refractivity contribution in [2.24, 2.45) is 5.92 Å². The lowest BCUT2D eigenvalue weighted by Gasteiger charge is -2.43. The normalized spacial score (nSPS) is 22.7. The van der Waals surface area contributed by atoms with E-state index in [2.05, 4.69) is 41.6 Å². The van der Waals surface area contributed by atoms with Crippen LogP contribution in [0.1, 0.15) is 68.2 Å². The molecule has 2 aromatic carbocycles. The SMILES string of the molecule is C=C(C)[C@H]1C[C@H](c2ccc(Cl)cc2)[C@H](CCCC)O[C@@H]1c1cc(C)cc(Br)c1OCC(=O)O. The molecule has 1 aliphatic rings. The number of hydrogen-bond donors (Lipinski definition) is 1. The van der Waals surface area contributed by atoms with Gasteiger partial charge in [0.15, 0.2) is 6.61 Å². The Labute approximate surface area is 210 Å². The van der Waals surface area contributed by atoms with Crippen LogP contribution in [0.4, 0.5) is 0 Å². The van der Waals surface area contributed by atoms with Gasteiger partial charge in [0, 0.05) is 22.4 Å². The highest BCUT2D eigenvalue weighted by Crippen LogP contribution is 2.50. The topological polar surface area (TPSA) is 55.8 Å². The minimum Gasteiger partial charge on any atom is -0.480 e. The van der Waals surface area contributed by atoms with Crippen molar-refractivity contribution in [3.63, 3.8) is 0 Å². The van der Waals surface area contributed by atoms with Crippen molar-refractivity contribution in [3.05, 3.63) is 74.7 Å². The Morgan fingerprint density at radius 1 is 1.30 bits per heavy atom. The molecule has 0 aliphatic carbocycles. The molecule has 2 aromatic rings. The summed E-state index contributed by atoms with van der Waals surface area (Å²) in [5.74, 6) is -0.204. The molecule has 0 spiro atoms. The highest BCUT2D eigenvalue weighted by atomic mass is 79.9. The van der Waals surface area contributed by atoms with Gasteiger partial charge in [-0.05, 0) is 78.0 Å². The lowest BCUT2D eigenvalue weighted by Crippen LogP contribution is -2.36. The molecular weight excluding hydrogens is 504 g/mol. The molecule has 1 saturated heterocycles. The van der Waals surface area contributed by atoms with Crippen LogP contribution in [-0.2, 0) is 9.53 Å². The average Bonchev–Trinajstić information content (AvgIpc) is 2.76. The standard InChI is InChI=1S/C27H32BrClO4/c1-5-6-7-24-21(18-8-10-19(29)11-9-18)14-20(16(2)3)26(33-24)22-12-17(4)13-23(28)27(22)32-15-25(30)31/h8-13,20-21,24,26H,2,5-7,14-15H2,1,3-4H3,(H,30,31)/t20-,21-,24+,26+/m1/s1. The van der Waals surface area contributed by atoms with Gasteiger partial charge in [-0.3, -0.25) is 0 Å². The maximum Gasteiger partial charge on any atom is 0.341 e. The van der Waals surface area contributed by atoms with Gasteiger partial charge in [-0.2, -0.15) is 0 Å². The molecule has 4 atom stereocenters. The van der Waals surface area contributed by atoms with Gasteiger partial charge in [0.1, 0.15) is 5.75 Å². The summed E-state index contributed by atoms with van der Waals surface area (Å²) in [6, 6.07) is 12.0. The monoisotopic (exact) mass is 534 g/mol. The predicted molar refractivity (Wildman–Crippen MR) is 136 cm³/mol. The fraction of sp³-hybridized carbons (Fsp3) is 0.444. The Bertz CT molecular complexity index is 988. The first-order chi connectivity index (χ1) is 15.7. The number of ether oxygens (including phenoxy) is 2. The van der Waals surface area contributed by atoms with E-state index in [9.17, 15) is 9.90 Å². The second-order valence-electron chi connectivity index (χ2n) is 8.93. The van der Waals surface area contributed by atoms with Gasteiger partial charge >= 0.3 is 5.97 Å². The number of aryl methyl sites for hydroxylation is 1. The Morgan fingerprint density at radius 2 is 2.00 bits per heavy atom. The molecule has 4 nitrogen and oxygen atoms in total. The van der Waals surface area contributed by atoms with Gasteiger partial charge in [0.2, 0.25) is 0 Å². The van der Waals surface area contributed by atoms with Crippen LogP contribution in [-0.4, -0.2) is 23.8 Å². The van der Waals surface area contributed by atoms with Crippen molar-refractivity contribution >= 4 is 33.5 Å². The largest absolute Gasteiger partial charge is 0.480 e. The number of carboxylic acids is 1. The van der Waals surface area contributed by atoms with E-state index in [4.69, 9.17) is 21.1 Å². The molecule has 1 N–H and O–H groups in total. The van der Waals surface area contributed by atoms with E-state index in [0.29, 0.717) is 5.75 Å². The van der Waals surface area contributed by atoms with Crippen LogP contribution in [0.25, 0.3) is 0 Å². The molecule has 3 rings (SSSR count). The molecule has 0 unspecified atom stereocenters. The van der Waals surface area contributed by atoms with E-state index in [0.717, 1.165) is 51.9 Å². The quantitative estimate of drug-likeness (QED) is 0.332.